The highest BCUT2D eigenvalue weighted by Crippen LogP contribution is 2.26. The second-order valence-corrected chi connectivity index (χ2v) is 8.03. The van der Waals surface area contributed by atoms with Gasteiger partial charge in [0.05, 0.1) is 6.61 Å². The molecule has 0 fully saturated rings. The molecule has 0 spiro atoms. The van der Waals surface area contributed by atoms with Crippen LogP contribution >= 0.6 is 27.5 Å². The van der Waals surface area contributed by atoms with Crippen LogP contribution in [0.3, 0.4) is 0 Å². The van der Waals surface area contributed by atoms with Crippen LogP contribution in [-0.4, -0.2) is 12.5 Å². The average Bonchev–Trinajstić information content (AvgIpc) is 2.79. The van der Waals surface area contributed by atoms with E-state index in [0.29, 0.717) is 41.0 Å². The van der Waals surface area contributed by atoms with Crippen molar-refractivity contribution in [2.24, 2.45) is 0 Å². The Bertz CT molecular complexity index is 1150. The largest absolute Gasteiger partial charge is 0.493 e. The van der Waals surface area contributed by atoms with Crippen LogP contribution in [0, 0.1) is 11.3 Å². The summed E-state index contributed by atoms with van der Waals surface area (Å²) in [5.41, 5.74) is 2.08. The first-order chi connectivity index (χ1) is 15.5. The predicted octanol–water partition coefficient (Wildman–Crippen LogP) is 6.63. The summed E-state index contributed by atoms with van der Waals surface area (Å²) >= 11 is 9.46. The number of benzene rings is 3. The van der Waals surface area contributed by atoms with E-state index in [1.165, 1.54) is 6.08 Å². The van der Waals surface area contributed by atoms with Crippen molar-refractivity contribution in [1.82, 2.24) is 0 Å². The Hall–Kier alpha value is -3.27. The van der Waals surface area contributed by atoms with Gasteiger partial charge in [0.25, 0.3) is 5.91 Å². The number of carbonyl (C=O) groups excluding carboxylic acids is 1. The molecule has 0 unspecified atom stereocenters. The molecule has 0 radical (unpaired) electrons. The van der Waals surface area contributed by atoms with E-state index in [-0.39, 0.29) is 5.57 Å². The van der Waals surface area contributed by atoms with Gasteiger partial charge in [-0.05, 0) is 73.2 Å². The molecular formula is C25H20BrClN2O3. The fourth-order valence-electron chi connectivity index (χ4n) is 2.80. The minimum absolute atomic E-state index is 0.0659. The molecule has 0 heterocycles. The summed E-state index contributed by atoms with van der Waals surface area (Å²) in [6, 6.07) is 21.8. The third-order valence-corrected chi connectivity index (χ3v) is 5.13. The van der Waals surface area contributed by atoms with Crippen LogP contribution in [0.5, 0.6) is 11.5 Å². The highest BCUT2D eigenvalue weighted by Gasteiger charge is 2.12. The number of rotatable bonds is 8. The molecule has 0 aromatic heterocycles. The zero-order valence-corrected chi connectivity index (χ0v) is 19.6. The molecule has 0 atom stereocenters. The van der Waals surface area contributed by atoms with E-state index in [4.69, 9.17) is 21.1 Å². The van der Waals surface area contributed by atoms with Gasteiger partial charge in [-0.3, -0.25) is 4.79 Å². The van der Waals surface area contributed by atoms with Crippen LogP contribution in [0.2, 0.25) is 5.02 Å². The maximum Gasteiger partial charge on any atom is 0.266 e. The molecule has 0 saturated carbocycles. The molecule has 5 nitrogen and oxygen atoms in total. The van der Waals surface area contributed by atoms with Crippen molar-refractivity contribution in [1.29, 1.82) is 5.26 Å². The van der Waals surface area contributed by atoms with Gasteiger partial charge >= 0.3 is 0 Å². The van der Waals surface area contributed by atoms with Crippen LogP contribution in [0.1, 0.15) is 18.1 Å². The number of amides is 1. The fraction of sp³-hybridized carbons (Fsp3) is 0.120. The van der Waals surface area contributed by atoms with Gasteiger partial charge in [0.15, 0.2) is 0 Å². The Morgan fingerprint density at radius 2 is 1.81 bits per heavy atom. The van der Waals surface area contributed by atoms with Crippen LogP contribution in [0.4, 0.5) is 5.69 Å². The molecule has 7 heteroatoms. The van der Waals surface area contributed by atoms with E-state index in [0.717, 1.165) is 10.0 Å². The summed E-state index contributed by atoms with van der Waals surface area (Å²) in [5, 5.41) is 12.7. The van der Waals surface area contributed by atoms with Gasteiger partial charge in [-0.2, -0.15) is 5.26 Å². The molecule has 3 rings (SSSR count). The highest BCUT2D eigenvalue weighted by molar-refractivity contribution is 9.10. The third kappa shape index (κ3) is 6.61. The predicted molar refractivity (Wildman–Crippen MR) is 130 cm³/mol. The summed E-state index contributed by atoms with van der Waals surface area (Å²) in [5.74, 6) is 0.686. The normalized spacial score (nSPS) is 10.9. The van der Waals surface area contributed by atoms with Gasteiger partial charge in [-0.25, -0.2) is 0 Å². The smallest absolute Gasteiger partial charge is 0.266 e. The quantitative estimate of drug-likeness (QED) is 0.272. The first-order valence-electron chi connectivity index (χ1n) is 9.81. The number of halogens is 2. The molecule has 32 heavy (non-hydrogen) atoms. The Morgan fingerprint density at radius 3 is 2.47 bits per heavy atom. The number of nitriles is 1. The Balaban J connectivity index is 1.66. The lowest BCUT2D eigenvalue weighted by atomic mass is 10.1. The van der Waals surface area contributed by atoms with Gasteiger partial charge < -0.3 is 14.8 Å². The average molecular weight is 512 g/mol. The van der Waals surface area contributed by atoms with Crippen molar-refractivity contribution in [2.75, 3.05) is 11.9 Å². The molecule has 3 aromatic carbocycles. The molecule has 162 valence electrons. The lowest BCUT2D eigenvalue weighted by molar-refractivity contribution is -0.112. The first kappa shape index (κ1) is 23.4. The highest BCUT2D eigenvalue weighted by atomic mass is 79.9. The summed E-state index contributed by atoms with van der Waals surface area (Å²) in [4.78, 5) is 12.6. The molecule has 0 saturated heterocycles. The number of anilines is 1. The van der Waals surface area contributed by atoms with Gasteiger partial charge in [0.1, 0.15) is 29.7 Å². The van der Waals surface area contributed by atoms with Gasteiger partial charge in [-0.15, -0.1) is 0 Å². The monoisotopic (exact) mass is 510 g/mol. The van der Waals surface area contributed by atoms with E-state index in [1.54, 1.807) is 42.5 Å². The minimum atomic E-state index is -0.529. The fourth-order valence-corrected chi connectivity index (χ4v) is 3.25. The summed E-state index contributed by atoms with van der Waals surface area (Å²) in [6.45, 7) is 2.74. The van der Waals surface area contributed by atoms with Gasteiger partial charge in [0.2, 0.25) is 0 Å². The van der Waals surface area contributed by atoms with Crippen LogP contribution in [-0.2, 0) is 11.4 Å². The summed E-state index contributed by atoms with van der Waals surface area (Å²) < 4.78 is 12.3. The number of hydrogen-bond acceptors (Lipinski definition) is 4. The zero-order valence-electron chi connectivity index (χ0n) is 17.3. The Kier molecular flexibility index (Phi) is 8.32. The minimum Gasteiger partial charge on any atom is -0.493 e. The van der Waals surface area contributed by atoms with Crippen LogP contribution in [0.25, 0.3) is 6.08 Å². The number of nitrogens with zero attached hydrogens (tertiary/aromatic N) is 1. The standard InChI is InChI=1S/C25H20BrClN2O3/c1-2-31-24-12-7-21(27)14-18(24)13-19(15-28)25(30)29-22-8-10-23(11-9-22)32-16-17-3-5-20(26)6-4-17/h3-14H,2,16H2,1H3,(H,29,30)/b19-13+. The molecule has 1 amide bonds. The second-order valence-electron chi connectivity index (χ2n) is 6.68. The molecule has 0 aliphatic carbocycles. The lowest BCUT2D eigenvalue weighted by Crippen LogP contribution is -2.13. The lowest BCUT2D eigenvalue weighted by Gasteiger charge is -2.10. The second kappa shape index (κ2) is 11.4. The maximum atomic E-state index is 12.6. The van der Waals surface area contributed by atoms with Gasteiger partial charge in [-0.1, -0.05) is 39.7 Å². The third-order valence-electron chi connectivity index (χ3n) is 4.37. The van der Waals surface area contributed by atoms with E-state index < -0.39 is 5.91 Å². The van der Waals surface area contributed by atoms with Crippen LogP contribution < -0.4 is 14.8 Å². The van der Waals surface area contributed by atoms with E-state index in [9.17, 15) is 10.1 Å². The van der Waals surface area contributed by atoms with E-state index >= 15 is 0 Å². The molecule has 0 aliphatic rings. The number of hydrogen-bond donors (Lipinski definition) is 1. The Labute approximate surface area is 200 Å². The molecule has 0 aliphatic heterocycles. The van der Waals surface area contributed by atoms with E-state index in [1.807, 2.05) is 37.3 Å². The molecular weight excluding hydrogens is 492 g/mol. The van der Waals surface area contributed by atoms with Crippen LogP contribution in [0.15, 0.2) is 76.8 Å². The van der Waals surface area contributed by atoms with Crippen molar-refractivity contribution < 1.29 is 14.3 Å². The summed E-state index contributed by atoms with van der Waals surface area (Å²) in [6.07, 6.45) is 1.46. The number of carbonyl (C=O) groups is 1. The summed E-state index contributed by atoms with van der Waals surface area (Å²) in [7, 11) is 0. The van der Waals surface area contributed by atoms with Crippen molar-refractivity contribution in [3.05, 3.63) is 92.9 Å². The molecule has 1 N–H and O–H groups in total. The van der Waals surface area contributed by atoms with Crippen molar-refractivity contribution in [3.63, 3.8) is 0 Å². The molecule has 3 aromatic rings. The topological polar surface area (TPSA) is 71.3 Å². The Morgan fingerprint density at radius 1 is 1.09 bits per heavy atom. The van der Waals surface area contributed by atoms with Crippen molar-refractivity contribution >= 4 is 45.2 Å². The van der Waals surface area contributed by atoms with Gasteiger partial charge in [0, 0.05) is 20.7 Å². The number of ether oxygens (including phenoxy) is 2. The first-order valence-corrected chi connectivity index (χ1v) is 11.0. The molecule has 0 bridgehead atoms. The van der Waals surface area contributed by atoms with E-state index in [2.05, 4.69) is 21.2 Å². The number of nitrogens with one attached hydrogen (secondary N) is 1. The van der Waals surface area contributed by atoms with Crippen molar-refractivity contribution in [2.45, 2.75) is 13.5 Å². The SMILES string of the molecule is CCOc1ccc(Cl)cc1/C=C(\C#N)C(=O)Nc1ccc(OCc2ccc(Br)cc2)cc1. The van der Waals surface area contributed by atoms with Crippen molar-refractivity contribution in [3.8, 4) is 17.6 Å². The zero-order chi connectivity index (χ0) is 22.9. The maximum absolute atomic E-state index is 12.6.